The Morgan fingerprint density at radius 3 is 2.52 bits per heavy atom. The molecule has 0 bridgehead atoms. The molecule has 0 atom stereocenters. The molecule has 2 N–H and O–H groups in total. The van der Waals surface area contributed by atoms with E-state index in [1.165, 1.54) is 6.20 Å². The number of aromatic nitrogens is 1. The van der Waals surface area contributed by atoms with E-state index in [-0.39, 0.29) is 16.9 Å². The van der Waals surface area contributed by atoms with Crippen molar-refractivity contribution in [2.45, 2.75) is 13.8 Å². The molecule has 1 aromatic heterocycles. The molecule has 0 radical (unpaired) electrons. The smallest absolute Gasteiger partial charge is 0.261 e. The Kier molecular flexibility index (Phi) is 5.35. The summed E-state index contributed by atoms with van der Waals surface area (Å²) in [4.78, 5) is 42.3. The number of carbonyl (C=O) groups is 2. The molecule has 0 unspecified atom stereocenters. The number of rotatable bonds is 5. The molecule has 27 heavy (non-hydrogen) atoms. The van der Waals surface area contributed by atoms with Gasteiger partial charge in [0.25, 0.3) is 11.8 Å². The lowest BCUT2D eigenvalue weighted by atomic mass is 10.1. The van der Waals surface area contributed by atoms with Gasteiger partial charge in [0.1, 0.15) is 5.56 Å². The van der Waals surface area contributed by atoms with Crippen molar-refractivity contribution in [3.8, 4) is 0 Å². The summed E-state index contributed by atoms with van der Waals surface area (Å²) < 4.78 is 0. The van der Waals surface area contributed by atoms with Crippen molar-refractivity contribution in [1.82, 2.24) is 9.88 Å². The van der Waals surface area contributed by atoms with E-state index < -0.39 is 5.91 Å². The Morgan fingerprint density at radius 2 is 1.78 bits per heavy atom. The normalized spacial score (nSPS) is 10.6. The van der Waals surface area contributed by atoms with Gasteiger partial charge in [0.2, 0.25) is 5.43 Å². The molecule has 0 fully saturated rings. The van der Waals surface area contributed by atoms with Crippen molar-refractivity contribution >= 4 is 28.4 Å². The third kappa shape index (κ3) is 3.74. The lowest BCUT2D eigenvalue weighted by molar-refractivity contribution is 0.0772. The Balaban J connectivity index is 1.87. The first-order chi connectivity index (χ1) is 13.0. The zero-order valence-electron chi connectivity index (χ0n) is 15.3. The van der Waals surface area contributed by atoms with Crippen LogP contribution in [0.2, 0.25) is 0 Å². The largest absolute Gasteiger partial charge is 0.360 e. The molecule has 0 aliphatic heterocycles. The van der Waals surface area contributed by atoms with E-state index in [2.05, 4.69) is 10.3 Å². The van der Waals surface area contributed by atoms with Gasteiger partial charge in [-0.2, -0.15) is 0 Å². The molecule has 0 saturated carbocycles. The van der Waals surface area contributed by atoms with Crippen LogP contribution in [-0.4, -0.2) is 34.8 Å². The van der Waals surface area contributed by atoms with Gasteiger partial charge in [0, 0.05) is 41.4 Å². The standard InChI is InChI=1S/C21H21N3O3/c1-3-24(4-2)21(27)14-8-7-9-15(12-14)23-20(26)17-13-22-18-11-6-5-10-16(18)19(17)25/h5-13H,3-4H2,1-2H3,(H,22,25)(H,23,26). The quantitative estimate of drug-likeness (QED) is 0.730. The summed E-state index contributed by atoms with van der Waals surface area (Å²) in [6, 6.07) is 13.7. The Bertz CT molecular complexity index is 1050. The van der Waals surface area contributed by atoms with Crippen molar-refractivity contribution in [2.75, 3.05) is 18.4 Å². The van der Waals surface area contributed by atoms with Gasteiger partial charge < -0.3 is 15.2 Å². The number of aromatic amines is 1. The first-order valence-electron chi connectivity index (χ1n) is 8.86. The number of benzene rings is 2. The van der Waals surface area contributed by atoms with Gasteiger partial charge >= 0.3 is 0 Å². The highest BCUT2D eigenvalue weighted by atomic mass is 16.2. The molecule has 6 heteroatoms. The molecule has 2 amide bonds. The predicted octanol–water partition coefficient (Wildman–Crippen LogP) is 3.26. The maximum absolute atomic E-state index is 12.6. The molecule has 0 saturated heterocycles. The number of hydrogen-bond donors (Lipinski definition) is 2. The number of para-hydroxylation sites is 1. The van der Waals surface area contributed by atoms with Crippen molar-refractivity contribution in [3.63, 3.8) is 0 Å². The van der Waals surface area contributed by atoms with Gasteiger partial charge in [-0.1, -0.05) is 18.2 Å². The highest BCUT2D eigenvalue weighted by molar-refractivity contribution is 6.06. The number of nitrogens with one attached hydrogen (secondary N) is 2. The van der Waals surface area contributed by atoms with Gasteiger partial charge in [-0.15, -0.1) is 0 Å². The van der Waals surface area contributed by atoms with Crippen LogP contribution in [0.25, 0.3) is 10.9 Å². The minimum atomic E-state index is -0.519. The molecule has 2 aromatic carbocycles. The average Bonchev–Trinajstić information content (AvgIpc) is 2.69. The number of amides is 2. The van der Waals surface area contributed by atoms with Gasteiger partial charge in [0.15, 0.2) is 0 Å². The van der Waals surface area contributed by atoms with Gasteiger partial charge in [-0.3, -0.25) is 14.4 Å². The molecule has 3 aromatic rings. The molecule has 6 nitrogen and oxygen atoms in total. The predicted molar refractivity (Wildman–Crippen MR) is 106 cm³/mol. The zero-order chi connectivity index (χ0) is 19.4. The molecule has 0 spiro atoms. The van der Waals surface area contributed by atoms with Crippen LogP contribution in [0.5, 0.6) is 0 Å². The number of H-pyrrole nitrogens is 1. The molecule has 138 valence electrons. The molecule has 3 rings (SSSR count). The summed E-state index contributed by atoms with van der Waals surface area (Å²) in [5.74, 6) is -0.617. The SMILES string of the molecule is CCN(CC)C(=O)c1cccc(NC(=O)c2c[nH]c3ccccc3c2=O)c1. The molecule has 1 heterocycles. The average molecular weight is 363 g/mol. The fraction of sp³-hybridized carbons (Fsp3) is 0.190. The molecular weight excluding hydrogens is 342 g/mol. The van der Waals surface area contributed by atoms with E-state index in [4.69, 9.17) is 0 Å². The third-order valence-corrected chi connectivity index (χ3v) is 4.45. The third-order valence-electron chi connectivity index (χ3n) is 4.45. The van der Waals surface area contributed by atoms with E-state index in [1.54, 1.807) is 47.4 Å². The van der Waals surface area contributed by atoms with Gasteiger partial charge in [-0.05, 0) is 44.2 Å². The van der Waals surface area contributed by atoms with Crippen molar-refractivity contribution in [1.29, 1.82) is 0 Å². The van der Waals surface area contributed by atoms with Crippen molar-refractivity contribution < 1.29 is 9.59 Å². The highest BCUT2D eigenvalue weighted by Crippen LogP contribution is 2.14. The van der Waals surface area contributed by atoms with Gasteiger partial charge in [-0.25, -0.2) is 0 Å². The molecule has 0 aliphatic carbocycles. The van der Waals surface area contributed by atoms with Crippen molar-refractivity contribution in [3.05, 3.63) is 76.1 Å². The topological polar surface area (TPSA) is 82.3 Å². The number of anilines is 1. The zero-order valence-corrected chi connectivity index (χ0v) is 15.3. The number of carbonyl (C=O) groups excluding carboxylic acids is 2. The Labute approximate surface area is 156 Å². The summed E-state index contributed by atoms with van der Waals surface area (Å²) in [7, 11) is 0. The second-order valence-electron chi connectivity index (χ2n) is 6.09. The van der Waals surface area contributed by atoms with Crippen LogP contribution < -0.4 is 10.7 Å². The summed E-state index contributed by atoms with van der Waals surface area (Å²) in [5, 5.41) is 3.16. The van der Waals surface area contributed by atoms with E-state index in [9.17, 15) is 14.4 Å². The summed E-state index contributed by atoms with van der Waals surface area (Å²) in [6.45, 7) is 5.05. The maximum Gasteiger partial charge on any atom is 0.261 e. The lowest BCUT2D eigenvalue weighted by Crippen LogP contribution is -2.30. The summed E-state index contributed by atoms with van der Waals surface area (Å²) >= 11 is 0. The van der Waals surface area contributed by atoms with E-state index in [0.717, 1.165) is 0 Å². The first-order valence-corrected chi connectivity index (χ1v) is 8.86. The van der Waals surface area contributed by atoms with Gasteiger partial charge in [0.05, 0.1) is 0 Å². The maximum atomic E-state index is 12.6. The van der Waals surface area contributed by atoms with Crippen LogP contribution >= 0.6 is 0 Å². The van der Waals surface area contributed by atoms with Crippen LogP contribution in [0.4, 0.5) is 5.69 Å². The monoisotopic (exact) mass is 363 g/mol. The van der Waals surface area contributed by atoms with E-state index in [0.29, 0.717) is 35.2 Å². The molecular formula is C21H21N3O3. The van der Waals surface area contributed by atoms with E-state index in [1.807, 2.05) is 19.9 Å². The van der Waals surface area contributed by atoms with Crippen LogP contribution in [0.15, 0.2) is 59.5 Å². The number of nitrogens with zero attached hydrogens (tertiary/aromatic N) is 1. The summed E-state index contributed by atoms with van der Waals surface area (Å²) in [6.07, 6.45) is 1.41. The van der Waals surface area contributed by atoms with Crippen LogP contribution in [0.1, 0.15) is 34.6 Å². The lowest BCUT2D eigenvalue weighted by Gasteiger charge is -2.19. The number of hydrogen-bond acceptors (Lipinski definition) is 3. The van der Waals surface area contributed by atoms with Crippen LogP contribution in [-0.2, 0) is 0 Å². The molecule has 0 aliphatic rings. The fourth-order valence-corrected chi connectivity index (χ4v) is 2.96. The number of fused-ring (bicyclic) bond motifs is 1. The second kappa shape index (κ2) is 7.86. The Morgan fingerprint density at radius 1 is 1.04 bits per heavy atom. The fourth-order valence-electron chi connectivity index (χ4n) is 2.96. The Hall–Kier alpha value is -3.41. The first kappa shape index (κ1) is 18.4. The van der Waals surface area contributed by atoms with Crippen molar-refractivity contribution in [2.24, 2.45) is 0 Å². The minimum Gasteiger partial charge on any atom is -0.360 e. The van der Waals surface area contributed by atoms with Crippen LogP contribution in [0, 0.1) is 0 Å². The second-order valence-corrected chi connectivity index (χ2v) is 6.09. The highest BCUT2D eigenvalue weighted by Gasteiger charge is 2.15. The summed E-state index contributed by atoms with van der Waals surface area (Å²) in [5.41, 5.74) is 1.31. The minimum absolute atomic E-state index is 0.0224. The number of pyridine rings is 1. The van der Waals surface area contributed by atoms with E-state index >= 15 is 0 Å². The van der Waals surface area contributed by atoms with Crippen LogP contribution in [0.3, 0.4) is 0 Å².